The molecule has 1 fully saturated rings. The Kier molecular flexibility index (Phi) is 2.44. The van der Waals surface area contributed by atoms with Crippen LogP contribution in [-0.4, -0.2) is 25.5 Å². The minimum atomic E-state index is 0.252. The van der Waals surface area contributed by atoms with E-state index < -0.39 is 0 Å². The Balaban J connectivity index is 1.83. The smallest absolute Gasteiger partial charge is 0.0895 e. The number of hydrogen-bond acceptors (Lipinski definition) is 3. The zero-order chi connectivity index (χ0) is 11.9. The summed E-state index contributed by atoms with van der Waals surface area (Å²) >= 11 is 0. The van der Waals surface area contributed by atoms with Crippen molar-refractivity contribution in [3.8, 4) is 0 Å². The molecule has 3 nitrogen and oxygen atoms in total. The van der Waals surface area contributed by atoms with Crippen molar-refractivity contribution < 1.29 is 0 Å². The molecule has 0 saturated heterocycles. The number of nitrogens with zero attached hydrogens (tertiary/aromatic N) is 2. The normalized spacial score (nSPS) is 22.8. The summed E-state index contributed by atoms with van der Waals surface area (Å²) in [4.78, 5) is 6.42. The molecule has 0 aromatic heterocycles. The number of nitrogens with two attached hydrogens (primary N) is 1. The van der Waals surface area contributed by atoms with Crippen molar-refractivity contribution in [2.75, 3.05) is 18.0 Å². The number of rotatable bonds is 3. The van der Waals surface area contributed by atoms with E-state index in [4.69, 9.17) is 5.73 Å². The van der Waals surface area contributed by atoms with Crippen molar-refractivity contribution in [3.05, 3.63) is 29.8 Å². The lowest BCUT2D eigenvalue weighted by molar-refractivity contribution is 0.557. The average molecular weight is 229 g/mol. The summed E-state index contributed by atoms with van der Waals surface area (Å²) < 4.78 is 0. The Morgan fingerprint density at radius 2 is 2.00 bits per heavy atom. The summed E-state index contributed by atoms with van der Waals surface area (Å²) in [5, 5.41) is 0. The molecule has 0 spiro atoms. The topological polar surface area (TPSA) is 41.6 Å². The first-order valence-corrected chi connectivity index (χ1v) is 6.35. The molecule has 1 heterocycles. The molecule has 1 aliphatic heterocycles. The maximum Gasteiger partial charge on any atom is 0.0895 e. The largest absolute Gasteiger partial charge is 0.331 e. The molecule has 0 amide bonds. The Morgan fingerprint density at radius 3 is 2.47 bits per heavy atom. The molecule has 1 saturated carbocycles. The van der Waals surface area contributed by atoms with Crippen LogP contribution in [0, 0.1) is 0 Å². The second-order valence-corrected chi connectivity index (χ2v) is 5.21. The van der Waals surface area contributed by atoms with Gasteiger partial charge in [-0.1, -0.05) is 12.1 Å². The number of anilines is 1. The van der Waals surface area contributed by atoms with Gasteiger partial charge in [0, 0.05) is 23.7 Å². The number of aliphatic imine (C=N–C) groups is 1. The molecule has 3 rings (SSSR count). The minimum absolute atomic E-state index is 0.252. The predicted molar refractivity (Wildman–Crippen MR) is 71.7 cm³/mol. The summed E-state index contributed by atoms with van der Waals surface area (Å²) in [6, 6.07) is 9.10. The van der Waals surface area contributed by atoms with Gasteiger partial charge in [-0.3, -0.25) is 4.99 Å². The maximum absolute atomic E-state index is 6.09. The van der Waals surface area contributed by atoms with Crippen LogP contribution in [-0.2, 0) is 5.41 Å². The lowest BCUT2D eigenvalue weighted by Gasteiger charge is -2.21. The van der Waals surface area contributed by atoms with E-state index in [-0.39, 0.29) is 11.5 Å². The highest BCUT2D eigenvalue weighted by Gasteiger charge is 2.47. The van der Waals surface area contributed by atoms with Gasteiger partial charge in [-0.05, 0) is 37.5 Å². The SMILES string of the molecule is CC(N)C1(c2ccc(N3C=NCC3)cc2)CC1. The van der Waals surface area contributed by atoms with Crippen molar-refractivity contribution >= 4 is 12.0 Å². The number of hydrogen-bond donors (Lipinski definition) is 1. The molecular formula is C14H19N3. The quantitative estimate of drug-likeness (QED) is 0.860. The summed E-state index contributed by atoms with van der Waals surface area (Å²) in [5.41, 5.74) is 8.98. The van der Waals surface area contributed by atoms with Crippen molar-refractivity contribution in [2.45, 2.75) is 31.2 Å². The molecule has 1 aromatic rings. The minimum Gasteiger partial charge on any atom is -0.331 e. The highest BCUT2D eigenvalue weighted by Crippen LogP contribution is 2.50. The summed E-state index contributed by atoms with van der Waals surface area (Å²) in [6.07, 6.45) is 4.39. The van der Waals surface area contributed by atoms with Crippen LogP contribution >= 0.6 is 0 Å². The lowest BCUT2D eigenvalue weighted by atomic mass is 9.89. The van der Waals surface area contributed by atoms with Crippen molar-refractivity contribution in [3.63, 3.8) is 0 Å². The van der Waals surface area contributed by atoms with Gasteiger partial charge in [0.2, 0.25) is 0 Å². The van der Waals surface area contributed by atoms with E-state index in [0.717, 1.165) is 13.1 Å². The zero-order valence-electron chi connectivity index (χ0n) is 10.3. The average Bonchev–Trinajstić information content (AvgIpc) is 2.98. The van der Waals surface area contributed by atoms with Gasteiger partial charge in [0.25, 0.3) is 0 Å². The molecule has 1 aromatic carbocycles. The highest BCUT2D eigenvalue weighted by atomic mass is 15.2. The van der Waals surface area contributed by atoms with Crippen LogP contribution in [0.3, 0.4) is 0 Å². The van der Waals surface area contributed by atoms with Crippen LogP contribution in [0.1, 0.15) is 25.3 Å². The first kappa shape index (κ1) is 10.8. The Hall–Kier alpha value is -1.35. The van der Waals surface area contributed by atoms with Gasteiger partial charge in [0.05, 0.1) is 12.9 Å². The maximum atomic E-state index is 6.09. The van der Waals surface area contributed by atoms with Gasteiger partial charge >= 0.3 is 0 Å². The summed E-state index contributed by atoms with van der Waals surface area (Å²) in [6.45, 7) is 4.03. The molecule has 2 aliphatic rings. The van der Waals surface area contributed by atoms with E-state index in [0.29, 0.717) is 0 Å². The molecule has 17 heavy (non-hydrogen) atoms. The van der Waals surface area contributed by atoms with Crippen LogP contribution in [0.2, 0.25) is 0 Å². The molecule has 90 valence electrons. The van der Waals surface area contributed by atoms with Crippen LogP contribution in [0.25, 0.3) is 0 Å². The van der Waals surface area contributed by atoms with E-state index in [1.807, 2.05) is 6.34 Å². The van der Waals surface area contributed by atoms with Gasteiger partial charge in [-0.2, -0.15) is 0 Å². The molecule has 1 atom stereocenters. The monoisotopic (exact) mass is 229 g/mol. The summed E-state index contributed by atoms with van der Waals surface area (Å²) in [5.74, 6) is 0. The first-order valence-electron chi connectivity index (χ1n) is 6.35. The first-order chi connectivity index (χ1) is 8.22. The van der Waals surface area contributed by atoms with Gasteiger partial charge in [0.15, 0.2) is 0 Å². The molecular weight excluding hydrogens is 210 g/mol. The predicted octanol–water partition coefficient (Wildman–Crippen LogP) is 1.91. The Labute approximate surface area is 102 Å². The molecule has 0 bridgehead atoms. The Bertz CT molecular complexity index is 429. The third-order valence-corrected chi connectivity index (χ3v) is 4.13. The fourth-order valence-electron chi connectivity index (χ4n) is 2.70. The molecule has 0 radical (unpaired) electrons. The van der Waals surface area contributed by atoms with Gasteiger partial charge in [0.1, 0.15) is 0 Å². The van der Waals surface area contributed by atoms with Crippen LogP contribution in [0.5, 0.6) is 0 Å². The molecule has 3 heteroatoms. The second-order valence-electron chi connectivity index (χ2n) is 5.21. The van der Waals surface area contributed by atoms with E-state index in [1.165, 1.54) is 24.1 Å². The third-order valence-electron chi connectivity index (χ3n) is 4.13. The van der Waals surface area contributed by atoms with Crippen LogP contribution < -0.4 is 10.6 Å². The lowest BCUT2D eigenvalue weighted by Crippen LogP contribution is -2.31. The third kappa shape index (κ3) is 1.75. The Morgan fingerprint density at radius 1 is 1.29 bits per heavy atom. The van der Waals surface area contributed by atoms with Crippen LogP contribution in [0.4, 0.5) is 5.69 Å². The summed E-state index contributed by atoms with van der Waals surface area (Å²) in [7, 11) is 0. The van der Waals surface area contributed by atoms with Gasteiger partial charge in [-0.25, -0.2) is 0 Å². The van der Waals surface area contributed by atoms with E-state index in [2.05, 4.69) is 41.1 Å². The van der Waals surface area contributed by atoms with Gasteiger partial charge in [-0.15, -0.1) is 0 Å². The zero-order valence-corrected chi connectivity index (χ0v) is 10.3. The van der Waals surface area contributed by atoms with Gasteiger partial charge < -0.3 is 10.6 Å². The highest BCUT2D eigenvalue weighted by molar-refractivity contribution is 5.80. The fourth-order valence-corrected chi connectivity index (χ4v) is 2.70. The molecule has 1 aliphatic carbocycles. The second kappa shape index (κ2) is 3.84. The standard InChI is InChI=1S/C14H19N3/c1-11(15)14(6-7-14)12-2-4-13(5-3-12)17-9-8-16-10-17/h2-5,10-11H,6-9,15H2,1H3. The van der Waals surface area contributed by atoms with Crippen LogP contribution in [0.15, 0.2) is 29.3 Å². The number of benzene rings is 1. The van der Waals surface area contributed by atoms with Crippen molar-refractivity contribution in [1.82, 2.24) is 0 Å². The fraction of sp³-hybridized carbons (Fsp3) is 0.500. The van der Waals surface area contributed by atoms with E-state index in [1.54, 1.807) is 0 Å². The van der Waals surface area contributed by atoms with E-state index >= 15 is 0 Å². The van der Waals surface area contributed by atoms with Crippen molar-refractivity contribution in [2.24, 2.45) is 10.7 Å². The molecule has 1 unspecified atom stereocenters. The molecule has 2 N–H and O–H groups in total. The van der Waals surface area contributed by atoms with Crippen molar-refractivity contribution in [1.29, 1.82) is 0 Å². The van der Waals surface area contributed by atoms with E-state index in [9.17, 15) is 0 Å².